The first-order chi connectivity index (χ1) is 11.8. The Hall–Kier alpha value is -2.16. The number of carboxylic acid groups (broad SMARTS) is 1. The predicted octanol–water partition coefficient (Wildman–Crippen LogP) is 3.26. The summed E-state index contributed by atoms with van der Waals surface area (Å²) in [4.78, 5) is 11.1. The Kier molecular flexibility index (Phi) is 4.68. The summed E-state index contributed by atoms with van der Waals surface area (Å²) >= 11 is 11.9. The van der Waals surface area contributed by atoms with E-state index in [1.54, 1.807) is 0 Å². The summed E-state index contributed by atoms with van der Waals surface area (Å²) in [6.45, 7) is 0.536. The van der Waals surface area contributed by atoms with Crippen LogP contribution >= 0.6 is 23.2 Å². The Morgan fingerprint density at radius 2 is 1.64 bits per heavy atom. The second-order valence-corrected chi connectivity index (χ2v) is 7.44. The van der Waals surface area contributed by atoms with Crippen LogP contribution < -0.4 is 14.2 Å². The normalized spacial score (nSPS) is 13.4. The van der Waals surface area contributed by atoms with Crippen molar-refractivity contribution in [1.82, 2.24) is 0 Å². The minimum atomic E-state index is -4.23. The number of benzene rings is 2. The zero-order chi connectivity index (χ0) is 18.2. The number of fused-ring (bicyclic) bond motifs is 1. The third-order valence-electron chi connectivity index (χ3n) is 3.34. The van der Waals surface area contributed by atoms with Crippen LogP contribution in [0.25, 0.3) is 0 Å². The summed E-state index contributed by atoms with van der Waals surface area (Å²) in [6.07, 6.45) is 0. The lowest BCUT2D eigenvalue weighted by Crippen LogP contribution is -2.19. The van der Waals surface area contributed by atoms with Crippen molar-refractivity contribution in [3.8, 4) is 11.5 Å². The molecule has 0 aliphatic carbocycles. The lowest BCUT2D eigenvalue weighted by atomic mass is 10.1. The molecule has 7 nitrogen and oxygen atoms in total. The number of hydrogen-bond acceptors (Lipinski definition) is 5. The van der Waals surface area contributed by atoms with Gasteiger partial charge in [-0.05, 0) is 12.1 Å². The number of carbonyl (C=O) groups is 1. The first kappa shape index (κ1) is 17.7. The average molecular weight is 404 g/mol. The Labute approximate surface area is 153 Å². The average Bonchev–Trinajstić information content (AvgIpc) is 2.53. The first-order valence-electron chi connectivity index (χ1n) is 6.93. The number of sulfonamides is 1. The fourth-order valence-electron chi connectivity index (χ4n) is 2.29. The van der Waals surface area contributed by atoms with E-state index in [0.717, 1.165) is 0 Å². The molecule has 0 atom stereocenters. The van der Waals surface area contributed by atoms with Crippen molar-refractivity contribution in [1.29, 1.82) is 0 Å². The van der Waals surface area contributed by atoms with Crippen LogP contribution in [0.5, 0.6) is 11.5 Å². The van der Waals surface area contributed by atoms with Gasteiger partial charge in [0.2, 0.25) is 0 Å². The fraction of sp³-hybridized carbons (Fsp3) is 0.133. The summed E-state index contributed by atoms with van der Waals surface area (Å²) in [7, 11) is -4.23. The molecule has 0 saturated heterocycles. The molecule has 0 radical (unpaired) electrons. The van der Waals surface area contributed by atoms with Gasteiger partial charge in [0.1, 0.15) is 18.1 Å². The zero-order valence-corrected chi connectivity index (χ0v) is 14.8. The maximum Gasteiger partial charge on any atom is 0.337 e. The second kappa shape index (κ2) is 6.62. The first-order valence-corrected chi connectivity index (χ1v) is 9.17. The minimum Gasteiger partial charge on any atom is -0.486 e. The molecule has 2 N–H and O–H groups in total. The third kappa shape index (κ3) is 3.46. The lowest BCUT2D eigenvalue weighted by Gasteiger charge is -2.21. The molecule has 25 heavy (non-hydrogen) atoms. The van der Waals surface area contributed by atoms with Crippen molar-refractivity contribution in [2.45, 2.75) is 4.90 Å². The SMILES string of the molecule is O=C(O)c1cc2c(cc1NS(=O)(=O)c1c(Cl)cccc1Cl)OCCO2. The van der Waals surface area contributed by atoms with E-state index in [1.165, 1.54) is 30.3 Å². The van der Waals surface area contributed by atoms with E-state index in [9.17, 15) is 18.3 Å². The summed E-state index contributed by atoms with van der Waals surface area (Å²) in [6, 6.07) is 6.67. The number of rotatable bonds is 4. The van der Waals surface area contributed by atoms with Gasteiger partial charge in [-0.3, -0.25) is 4.72 Å². The number of halogens is 2. The Morgan fingerprint density at radius 3 is 2.20 bits per heavy atom. The molecule has 2 aromatic carbocycles. The molecule has 2 aromatic rings. The molecule has 0 aromatic heterocycles. The molecule has 0 bridgehead atoms. The summed E-state index contributed by atoms with van der Waals surface area (Å²) < 4.78 is 38.2. The Bertz CT molecular complexity index is 940. The molecular formula is C15H11Cl2NO6S. The standard InChI is InChI=1S/C15H11Cl2NO6S/c16-9-2-1-3-10(17)14(9)25(21,22)18-11-7-13-12(23-4-5-24-13)6-8(11)15(19)20/h1-3,6-7,18H,4-5H2,(H,19,20). The van der Waals surface area contributed by atoms with Crippen LogP contribution in [0.2, 0.25) is 10.0 Å². The monoisotopic (exact) mass is 403 g/mol. The fourth-order valence-corrected chi connectivity index (χ4v) is 4.50. The van der Waals surface area contributed by atoms with Gasteiger partial charge in [-0.25, -0.2) is 13.2 Å². The van der Waals surface area contributed by atoms with E-state index in [4.69, 9.17) is 32.7 Å². The molecule has 10 heteroatoms. The van der Waals surface area contributed by atoms with Crippen molar-refractivity contribution < 1.29 is 27.8 Å². The van der Waals surface area contributed by atoms with Gasteiger partial charge in [0.25, 0.3) is 10.0 Å². The smallest absolute Gasteiger partial charge is 0.337 e. The largest absolute Gasteiger partial charge is 0.486 e. The Morgan fingerprint density at radius 1 is 1.08 bits per heavy atom. The van der Waals surface area contributed by atoms with Gasteiger partial charge >= 0.3 is 5.97 Å². The quantitative estimate of drug-likeness (QED) is 0.811. The topological polar surface area (TPSA) is 102 Å². The second-order valence-electron chi connectivity index (χ2n) is 5.00. The van der Waals surface area contributed by atoms with Gasteiger partial charge in [-0.1, -0.05) is 29.3 Å². The van der Waals surface area contributed by atoms with Crippen LogP contribution in [0.4, 0.5) is 5.69 Å². The minimum absolute atomic E-state index is 0.0885. The van der Waals surface area contributed by atoms with Crippen molar-refractivity contribution in [2.75, 3.05) is 17.9 Å². The number of aromatic carboxylic acids is 1. The van der Waals surface area contributed by atoms with Crippen LogP contribution in [0.3, 0.4) is 0 Å². The van der Waals surface area contributed by atoms with Gasteiger partial charge in [0.05, 0.1) is 21.3 Å². The molecule has 0 fully saturated rings. The summed E-state index contributed by atoms with van der Waals surface area (Å²) in [5.74, 6) is -0.874. The van der Waals surface area contributed by atoms with E-state index in [2.05, 4.69) is 4.72 Å². The highest BCUT2D eigenvalue weighted by Gasteiger charge is 2.26. The van der Waals surface area contributed by atoms with Gasteiger partial charge in [-0.15, -0.1) is 0 Å². The van der Waals surface area contributed by atoms with E-state index in [1.807, 2.05) is 0 Å². The highest BCUT2D eigenvalue weighted by molar-refractivity contribution is 7.93. The molecule has 1 heterocycles. The van der Waals surface area contributed by atoms with E-state index in [-0.39, 0.29) is 50.9 Å². The molecule has 1 aliphatic heterocycles. The molecule has 1 aliphatic rings. The lowest BCUT2D eigenvalue weighted by molar-refractivity contribution is 0.0697. The van der Waals surface area contributed by atoms with E-state index in [0.29, 0.717) is 0 Å². The number of nitrogens with one attached hydrogen (secondary N) is 1. The number of anilines is 1. The number of hydrogen-bond donors (Lipinski definition) is 2. The predicted molar refractivity (Wildman–Crippen MR) is 91.7 cm³/mol. The zero-order valence-electron chi connectivity index (χ0n) is 12.5. The summed E-state index contributed by atoms with van der Waals surface area (Å²) in [5, 5.41) is 9.18. The molecule has 0 unspecified atom stereocenters. The van der Waals surface area contributed by atoms with Crippen molar-refractivity contribution in [3.05, 3.63) is 45.9 Å². The van der Waals surface area contributed by atoms with E-state index < -0.39 is 16.0 Å². The highest BCUT2D eigenvalue weighted by atomic mass is 35.5. The van der Waals surface area contributed by atoms with Crippen molar-refractivity contribution in [3.63, 3.8) is 0 Å². The van der Waals surface area contributed by atoms with Crippen LogP contribution in [0.15, 0.2) is 35.2 Å². The van der Waals surface area contributed by atoms with Crippen LogP contribution in [-0.4, -0.2) is 32.7 Å². The Balaban J connectivity index is 2.09. The van der Waals surface area contributed by atoms with Crippen molar-refractivity contribution >= 4 is 44.9 Å². The number of carboxylic acids is 1. The van der Waals surface area contributed by atoms with Crippen molar-refractivity contribution in [2.24, 2.45) is 0 Å². The molecule has 0 amide bonds. The molecule has 132 valence electrons. The molecule has 0 saturated carbocycles. The maximum absolute atomic E-state index is 12.6. The molecular weight excluding hydrogens is 393 g/mol. The van der Waals surface area contributed by atoms with Crippen LogP contribution in [0, 0.1) is 0 Å². The maximum atomic E-state index is 12.6. The van der Waals surface area contributed by atoms with Crippen LogP contribution in [-0.2, 0) is 10.0 Å². The van der Waals surface area contributed by atoms with Gasteiger partial charge < -0.3 is 14.6 Å². The number of ether oxygens (including phenoxy) is 2. The van der Waals surface area contributed by atoms with Gasteiger partial charge in [0, 0.05) is 12.1 Å². The van der Waals surface area contributed by atoms with Crippen LogP contribution in [0.1, 0.15) is 10.4 Å². The van der Waals surface area contributed by atoms with E-state index >= 15 is 0 Å². The van der Waals surface area contributed by atoms with Gasteiger partial charge in [-0.2, -0.15) is 0 Å². The highest BCUT2D eigenvalue weighted by Crippen LogP contribution is 2.37. The third-order valence-corrected chi connectivity index (χ3v) is 5.66. The molecule has 0 spiro atoms. The molecule has 3 rings (SSSR count). The van der Waals surface area contributed by atoms with Gasteiger partial charge in [0.15, 0.2) is 11.5 Å². The summed E-state index contributed by atoms with van der Waals surface area (Å²) in [5.41, 5.74) is -0.483.